The van der Waals surface area contributed by atoms with Crippen molar-refractivity contribution in [2.24, 2.45) is 0 Å². The number of hydrogen-bond acceptors (Lipinski definition) is 3. The van der Waals surface area contributed by atoms with Crippen LogP contribution in [0.5, 0.6) is 0 Å². The van der Waals surface area contributed by atoms with Crippen LogP contribution in [0.15, 0.2) is 84.8 Å². The normalized spacial score (nSPS) is 11.5. The molecule has 5 nitrogen and oxygen atoms in total. The van der Waals surface area contributed by atoms with E-state index in [0.717, 1.165) is 12.0 Å². The van der Waals surface area contributed by atoms with Crippen LogP contribution in [0.25, 0.3) is 6.08 Å². The van der Waals surface area contributed by atoms with Crippen molar-refractivity contribution < 1.29 is 13.2 Å². The Morgan fingerprint density at radius 3 is 2.10 bits per heavy atom. The number of rotatable bonds is 10. The van der Waals surface area contributed by atoms with Crippen LogP contribution in [0.3, 0.4) is 0 Å². The van der Waals surface area contributed by atoms with Gasteiger partial charge >= 0.3 is 0 Å². The predicted molar refractivity (Wildman–Crippen MR) is 119 cm³/mol. The highest BCUT2D eigenvalue weighted by Gasteiger charge is 2.22. The third-order valence-electron chi connectivity index (χ3n) is 4.24. The Labute approximate surface area is 173 Å². The second-order valence-corrected chi connectivity index (χ2v) is 8.28. The molecule has 0 unspecified atom stereocenters. The third-order valence-corrected chi connectivity index (χ3v) is 6.09. The number of sulfonamides is 1. The quantitative estimate of drug-likeness (QED) is 0.470. The molecular formula is C23H26N2O3S. The lowest BCUT2D eigenvalue weighted by atomic mass is 10.1. The maximum Gasteiger partial charge on any atom is 0.248 e. The van der Waals surface area contributed by atoms with Crippen LogP contribution >= 0.6 is 0 Å². The molecule has 0 aliphatic rings. The molecule has 0 bridgehead atoms. The summed E-state index contributed by atoms with van der Waals surface area (Å²) < 4.78 is 26.6. The molecule has 152 valence electrons. The van der Waals surface area contributed by atoms with Crippen LogP contribution in [0.2, 0.25) is 0 Å². The van der Waals surface area contributed by atoms with E-state index in [1.165, 1.54) is 40.2 Å². The topological polar surface area (TPSA) is 66.5 Å². The van der Waals surface area contributed by atoms with Gasteiger partial charge in [-0.3, -0.25) is 4.79 Å². The maximum atomic E-state index is 12.7. The van der Waals surface area contributed by atoms with Gasteiger partial charge < -0.3 is 5.32 Å². The summed E-state index contributed by atoms with van der Waals surface area (Å²) in [6.45, 7) is 9.65. The van der Waals surface area contributed by atoms with Crippen molar-refractivity contribution in [2.45, 2.75) is 18.2 Å². The molecule has 6 heteroatoms. The Bertz CT molecular complexity index is 966. The first-order valence-electron chi connectivity index (χ1n) is 9.30. The molecule has 0 aliphatic carbocycles. The number of aryl methyl sites for hydroxylation is 1. The molecule has 0 aromatic heterocycles. The van der Waals surface area contributed by atoms with Gasteiger partial charge in [-0.15, -0.1) is 13.2 Å². The van der Waals surface area contributed by atoms with Crippen molar-refractivity contribution in [3.63, 3.8) is 0 Å². The van der Waals surface area contributed by atoms with Gasteiger partial charge in [0.25, 0.3) is 0 Å². The highest BCUT2D eigenvalue weighted by molar-refractivity contribution is 7.89. The smallest absolute Gasteiger partial charge is 0.248 e. The molecule has 2 aromatic carbocycles. The van der Waals surface area contributed by atoms with Crippen molar-refractivity contribution in [3.05, 3.63) is 91.0 Å². The van der Waals surface area contributed by atoms with Gasteiger partial charge in [-0.1, -0.05) is 43.3 Å². The average Bonchev–Trinajstić information content (AvgIpc) is 2.73. The fourth-order valence-corrected chi connectivity index (χ4v) is 4.02. The monoisotopic (exact) mass is 410 g/mol. The summed E-state index contributed by atoms with van der Waals surface area (Å²) in [7, 11) is -3.66. The average molecular weight is 411 g/mol. The lowest BCUT2D eigenvalue weighted by molar-refractivity contribution is -0.111. The van der Waals surface area contributed by atoms with Crippen LogP contribution in [0.4, 0.5) is 5.69 Å². The van der Waals surface area contributed by atoms with E-state index >= 15 is 0 Å². The molecule has 0 heterocycles. The Balaban J connectivity index is 2.05. The van der Waals surface area contributed by atoms with E-state index < -0.39 is 10.0 Å². The molecule has 0 radical (unpaired) electrons. The Morgan fingerprint density at radius 2 is 1.59 bits per heavy atom. The molecule has 0 aliphatic heterocycles. The first-order valence-corrected chi connectivity index (χ1v) is 10.7. The van der Waals surface area contributed by atoms with Crippen LogP contribution in [-0.4, -0.2) is 31.7 Å². The molecule has 1 N–H and O–H groups in total. The van der Waals surface area contributed by atoms with Crippen molar-refractivity contribution in [2.75, 3.05) is 18.4 Å². The third kappa shape index (κ3) is 6.27. The van der Waals surface area contributed by atoms with Crippen LogP contribution in [0, 0.1) is 0 Å². The molecule has 0 spiro atoms. The van der Waals surface area contributed by atoms with Crippen molar-refractivity contribution in [3.8, 4) is 0 Å². The summed E-state index contributed by atoms with van der Waals surface area (Å²) in [5, 5.41) is 2.73. The lowest BCUT2D eigenvalue weighted by Crippen LogP contribution is -2.31. The number of carbonyl (C=O) groups excluding carboxylic acids is 1. The molecule has 0 atom stereocenters. The van der Waals surface area contributed by atoms with Crippen molar-refractivity contribution >= 4 is 27.7 Å². The van der Waals surface area contributed by atoms with Crippen LogP contribution < -0.4 is 5.32 Å². The van der Waals surface area contributed by atoms with Crippen LogP contribution in [0.1, 0.15) is 18.1 Å². The predicted octanol–water partition coefficient (Wildman–Crippen LogP) is 4.26. The second kappa shape index (κ2) is 10.5. The van der Waals surface area contributed by atoms with E-state index in [2.05, 4.69) is 25.4 Å². The summed E-state index contributed by atoms with van der Waals surface area (Å²) in [6, 6.07) is 14.0. The maximum absolute atomic E-state index is 12.7. The zero-order valence-electron chi connectivity index (χ0n) is 16.5. The van der Waals surface area contributed by atoms with Gasteiger partial charge in [0.05, 0.1) is 4.90 Å². The Kier molecular flexibility index (Phi) is 8.12. The zero-order valence-corrected chi connectivity index (χ0v) is 17.4. The van der Waals surface area contributed by atoms with E-state index in [9.17, 15) is 13.2 Å². The summed E-state index contributed by atoms with van der Waals surface area (Å²) in [5.74, 6) is -0.292. The number of amides is 1. The number of anilines is 1. The SMILES string of the molecule is C=CCN(CC=C)S(=O)(=O)c1ccc(NC(=O)/C=C/c2ccc(CC)cc2)cc1. The Morgan fingerprint density at radius 1 is 1.00 bits per heavy atom. The van der Waals surface area contributed by atoms with E-state index in [0.29, 0.717) is 5.69 Å². The highest BCUT2D eigenvalue weighted by Crippen LogP contribution is 2.18. The summed E-state index contributed by atoms with van der Waals surface area (Å²) >= 11 is 0. The Hall–Kier alpha value is -2.96. The van der Waals surface area contributed by atoms with Crippen molar-refractivity contribution in [1.82, 2.24) is 4.31 Å². The molecule has 0 fully saturated rings. The van der Waals surface area contributed by atoms with Gasteiger partial charge in [0.1, 0.15) is 0 Å². The molecular weight excluding hydrogens is 384 g/mol. The highest BCUT2D eigenvalue weighted by atomic mass is 32.2. The first kappa shape index (κ1) is 22.3. The molecule has 0 saturated heterocycles. The lowest BCUT2D eigenvalue weighted by Gasteiger charge is -2.19. The largest absolute Gasteiger partial charge is 0.323 e. The molecule has 0 saturated carbocycles. The minimum Gasteiger partial charge on any atom is -0.323 e. The number of benzene rings is 2. The fraction of sp³-hybridized carbons (Fsp3) is 0.174. The van der Waals surface area contributed by atoms with Gasteiger partial charge in [0.15, 0.2) is 0 Å². The first-order chi connectivity index (χ1) is 13.9. The molecule has 2 aromatic rings. The standard InChI is InChI=1S/C23H26N2O3S/c1-4-17-25(18-5-2)29(27,28)22-14-12-21(13-15-22)24-23(26)16-11-20-9-7-19(6-3)8-10-20/h4-5,7-16H,1-2,6,17-18H2,3H3,(H,24,26)/b16-11+. The second-order valence-electron chi connectivity index (χ2n) is 6.34. The summed E-state index contributed by atoms with van der Waals surface area (Å²) in [5.41, 5.74) is 2.68. The summed E-state index contributed by atoms with van der Waals surface area (Å²) in [4.78, 5) is 12.3. The van der Waals surface area contributed by atoms with Gasteiger partial charge in [0.2, 0.25) is 15.9 Å². The number of nitrogens with one attached hydrogen (secondary N) is 1. The number of hydrogen-bond donors (Lipinski definition) is 1. The van der Waals surface area contributed by atoms with E-state index in [-0.39, 0.29) is 23.9 Å². The summed E-state index contributed by atoms with van der Waals surface area (Å²) in [6.07, 6.45) is 7.20. The van der Waals surface area contributed by atoms with E-state index in [1.54, 1.807) is 18.2 Å². The van der Waals surface area contributed by atoms with E-state index in [1.807, 2.05) is 24.3 Å². The van der Waals surface area contributed by atoms with Crippen molar-refractivity contribution in [1.29, 1.82) is 0 Å². The van der Waals surface area contributed by atoms with Gasteiger partial charge in [0, 0.05) is 24.9 Å². The number of carbonyl (C=O) groups is 1. The van der Waals surface area contributed by atoms with Gasteiger partial charge in [-0.05, 0) is 47.9 Å². The minimum atomic E-state index is -3.66. The van der Waals surface area contributed by atoms with Gasteiger partial charge in [-0.2, -0.15) is 4.31 Å². The molecule has 2 rings (SSSR count). The van der Waals surface area contributed by atoms with E-state index in [4.69, 9.17) is 0 Å². The molecule has 29 heavy (non-hydrogen) atoms. The number of nitrogens with zero attached hydrogens (tertiary/aromatic N) is 1. The molecule has 1 amide bonds. The fourth-order valence-electron chi connectivity index (χ4n) is 2.64. The minimum absolute atomic E-state index is 0.144. The van der Waals surface area contributed by atoms with Gasteiger partial charge in [-0.25, -0.2) is 8.42 Å². The van der Waals surface area contributed by atoms with Crippen LogP contribution in [-0.2, 0) is 21.2 Å². The zero-order chi connectivity index (χ0) is 21.3.